The second-order valence-electron chi connectivity index (χ2n) is 7.88. The molecule has 0 bridgehead atoms. The number of hydrogen-bond donors (Lipinski definition) is 2. The summed E-state index contributed by atoms with van der Waals surface area (Å²) < 4.78 is 10.7. The van der Waals surface area contributed by atoms with Gasteiger partial charge in [-0.2, -0.15) is 0 Å². The molecular formula is C21H25NO5. The Labute approximate surface area is 158 Å². The van der Waals surface area contributed by atoms with Crippen molar-refractivity contribution >= 4 is 11.8 Å². The lowest BCUT2D eigenvalue weighted by Crippen LogP contribution is -2.38. The number of carboxylic acids is 1. The average molecular weight is 371 g/mol. The molecule has 2 aliphatic rings. The fraction of sp³-hybridized carbons (Fsp3) is 0.429. The van der Waals surface area contributed by atoms with E-state index in [1.807, 2.05) is 13.8 Å². The molecule has 0 radical (unpaired) electrons. The standard InChI is InChI=1S/C21H25NO5/c1-11-17(20(24)25)18(12-6-13(26-4)8-14(7-12)27-5)19-15(22-11)9-21(2,3)10-16(19)23/h6-8,18,22H,9-10H2,1-5H3,(H,24,25). The lowest BCUT2D eigenvalue weighted by Gasteiger charge is -2.39. The van der Waals surface area contributed by atoms with Crippen molar-refractivity contribution in [3.63, 3.8) is 0 Å². The first-order chi connectivity index (χ1) is 12.7. The molecule has 144 valence electrons. The summed E-state index contributed by atoms with van der Waals surface area (Å²) in [5, 5.41) is 13.1. The second kappa shape index (κ2) is 6.76. The number of ketones is 1. The molecule has 3 rings (SSSR count). The van der Waals surface area contributed by atoms with Crippen molar-refractivity contribution in [1.29, 1.82) is 0 Å². The van der Waals surface area contributed by atoms with Gasteiger partial charge in [-0.1, -0.05) is 13.8 Å². The highest BCUT2D eigenvalue weighted by molar-refractivity contribution is 6.03. The van der Waals surface area contributed by atoms with E-state index in [1.165, 1.54) is 0 Å². The number of nitrogens with one attached hydrogen (secondary N) is 1. The first kappa shape index (κ1) is 19.0. The number of carboxylic acid groups (broad SMARTS) is 1. The van der Waals surface area contributed by atoms with Crippen molar-refractivity contribution < 1.29 is 24.2 Å². The highest BCUT2D eigenvalue weighted by Crippen LogP contribution is 2.47. The Bertz CT molecular complexity index is 856. The fourth-order valence-corrected chi connectivity index (χ4v) is 4.05. The molecule has 0 amide bonds. The van der Waals surface area contributed by atoms with Crippen LogP contribution in [-0.4, -0.2) is 31.1 Å². The number of hydrogen-bond acceptors (Lipinski definition) is 5. The normalized spacial score (nSPS) is 21.5. The maximum atomic E-state index is 13.0. The maximum Gasteiger partial charge on any atom is 0.334 e. The van der Waals surface area contributed by atoms with E-state index in [4.69, 9.17) is 9.47 Å². The molecule has 2 N–H and O–H groups in total. The minimum absolute atomic E-state index is 0.0215. The molecule has 27 heavy (non-hydrogen) atoms. The van der Waals surface area contributed by atoms with Crippen LogP contribution in [0, 0.1) is 5.41 Å². The van der Waals surface area contributed by atoms with Gasteiger partial charge < -0.3 is 19.9 Å². The molecule has 0 saturated heterocycles. The van der Waals surface area contributed by atoms with Crippen molar-refractivity contribution in [3.8, 4) is 11.5 Å². The van der Waals surface area contributed by atoms with Crippen LogP contribution in [0.1, 0.15) is 45.1 Å². The SMILES string of the molecule is COc1cc(OC)cc(C2C(C(=O)O)=C(C)NC3=C2C(=O)CC(C)(C)C3)c1. The summed E-state index contributed by atoms with van der Waals surface area (Å²) in [6.07, 6.45) is 1.08. The van der Waals surface area contributed by atoms with E-state index < -0.39 is 11.9 Å². The van der Waals surface area contributed by atoms with Gasteiger partial charge in [0.2, 0.25) is 0 Å². The zero-order valence-corrected chi connectivity index (χ0v) is 16.3. The van der Waals surface area contributed by atoms with Crippen LogP contribution >= 0.6 is 0 Å². The van der Waals surface area contributed by atoms with E-state index in [0.717, 1.165) is 5.70 Å². The number of methoxy groups -OCH3 is 2. The first-order valence-electron chi connectivity index (χ1n) is 8.87. The van der Waals surface area contributed by atoms with E-state index in [-0.39, 0.29) is 16.8 Å². The zero-order valence-electron chi connectivity index (χ0n) is 16.3. The van der Waals surface area contributed by atoms with Crippen molar-refractivity contribution in [2.75, 3.05) is 14.2 Å². The number of carbonyl (C=O) groups excluding carboxylic acids is 1. The third-order valence-electron chi connectivity index (χ3n) is 5.18. The van der Waals surface area contributed by atoms with Crippen molar-refractivity contribution in [1.82, 2.24) is 5.32 Å². The summed E-state index contributed by atoms with van der Waals surface area (Å²) in [5.74, 6) is -0.624. The van der Waals surface area contributed by atoms with Gasteiger partial charge in [0.1, 0.15) is 11.5 Å². The minimum atomic E-state index is -1.05. The Morgan fingerprint density at radius 3 is 2.26 bits per heavy atom. The molecule has 1 aliphatic heterocycles. The van der Waals surface area contributed by atoms with Crippen molar-refractivity contribution in [3.05, 3.63) is 46.3 Å². The van der Waals surface area contributed by atoms with Crippen LogP contribution in [0.4, 0.5) is 0 Å². The first-order valence-corrected chi connectivity index (χ1v) is 8.87. The van der Waals surface area contributed by atoms with Gasteiger partial charge in [-0.3, -0.25) is 4.79 Å². The van der Waals surface area contributed by atoms with Gasteiger partial charge in [-0.15, -0.1) is 0 Å². The van der Waals surface area contributed by atoms with E-state index >= 15 is 0 Å². The molecule has 1 heterocycles. The molecule has 0 saturated carbocycles. The monoisotopic (exact) mass is 371 g/mol. The Hall–Kier alpha value is -2.76. The van der Waals surface area contributed by atoms with Crippen molar-refractivity contribution in [2.24, 2.45) is 5.41 Å². The summed E-state index contributed by atoms with van der Waals surface area (Å²) in [7, 11) is 3.08. The lowest BCUT2D eigenvalue weighted by molar-refractivity contribution is -0.133. The van der Waals surface area contributed by atoms with Crippen LogP contribution in [0.15, 0.2) is 40.7 Å². The topological polar surface area (TPSA) is 84.9 Å². The highest BCUT2D eigenvalue weighted by Gasteiger charge is 2.42. The molecule has 1 aromatic carbocycles. The second-order valence-corrected chi connectivity index (χ2v) is 7.88. The number of carbonyl (C=O) groups is 2. The van der Waals surface area contributed by atoms with Crippen LogP contribution in [0.2, 0.25) is 0 Å². The zero-order chi connectivity index (χ0) is 19.9. The smallest absolute Gasteiger partial charge is 0.334 e. The molecule has 1 aromatic rings. The van der Waals surface area contributed by atoms with Crippen LogP contribution in [0.25, 0.3) is 0 Å². The number of rotatable bonds is 4. The van der Waals surface area contributed by atoms with Crippen LogP contribution < -0.4 is 14.8 Å². The third-order valence-corrected chi connectivity index (χ3v) is 5.18. The van der Waals surface area contributed by atoms with Gasteiger partial charge >= 0.3 is 5.97 Å². The largest absolute Gasteiger partial charge is 0.497 e. The van der Waals surface area contributed by atoms with Crippen LogP contribution in [0.5, 0.6) is 11.5 Å². The summed E-state index contributed by atoms with van der Waals surface area (Å²) in [6, 6.07) is 5.27. The molecule has 1 atom stereocenters. The molecule has 1 aliphatic carbocycles. The van der Waals surface area contributed by atoms with Crippen molar-refractivity contribution in [2.45, 2.75) is 39.5 Å². The fourth-order valence-electron chi connectivity index (χ4n) is 4.05. The minimum Gasteiger partial charge on any atom is -0.497 e. The van der Waals surface area contributed by atoms with Gasteiger partial charge in [0.05, 0.1) is 19.8 Å². The molecule has 0 fully saturated rings. The number of allylic oxidation sites excluding steroid dienone is 3. The van der Waals surface area contributed by atoms with Crippen LogP contribution in [-0.2, 0) is 9.59 Å². The lowest BCUT2D eigenvalue weighted by atomic mass is 9.68. The number of Topliss-reactive ketones (excluding diaryl/α,β-unsaturated/α-hetero) is 1. The Kier molecular flexibility index (Phi) is 4.76. The van der Waals surface area contributed by atoms with Gasteiger partial charge in [0, 0.05) is 35.4 Å². The van der Waals surface area contributed by atoms with E-state index in [0.29, 0.717) is 41.2 Å². The van der Waals surface area contributed by atoms with E-state index in [2.05, 4.69) is 5.32 Å². The van der Waals surface area contributed by atoms with Gasteiger partial charge in [-0.05, 0) is 36.5 Å². The number of benzene rings is 1. The summed E-state index contributed by atoms with van der Waals surface area (Å²) in [4.78, 5) is 25.1. The number of dihydropyridines is 1. The Morgan fingerprint density at radius 2 is 1.74 bits per heavy atom. The quantitative estimate of drug-likeness (QED) is 0.844. The summed E-state index contributed by atoms with van der Waals surface area (Å²) in [6.45, 7) is 5.83. The molecule has 0 spiro atoms. The van der Waals surface area contributed by atoms with E-state index in [1.54, 1.807) is 39.3 Å². The average Bonchev–Trinajstić information content (AvgIpc) is 2.58. The summed E-state index contributed by atoms with van der Waals surface area (Å²) >= 11 is 0. The Morgan fingerprint density at radius 1 is 1.15 bits per heavy atom. The Balaban J connectivity index is 2.24. The third kappa shape index (κ3) is 3.44. The summed E-state index contributed by atoms with van der Waals surface area (Å²) in [5.41, 5.74) is 2.58. The molecule has 0 aromatic heterocycles. The number of aliphatic carboxylic acids is 1. The maximum absolute atomic E-state index is 13.0. The molecule has 6 heteroatoms. The molecule has 6 nitrogen and oxygen atoms in total. The molecular weight excluding hydrogens is 346 g/mol. The predicted molar refractivity (Wildman–Crippen MR) is 101 cm³/mol. The highest BCUT2D eigenvalue weighted by atomic mass is 16.5. The van der Waals surface area contributed by atoms with Gasteiger partial charge in [-0.25, -0.2) is 4.79 Å². The van der Waals surface area contributed by atoms with E-state index in [9.17, 15) is 14.7 Å². The van der Waals surface area contributed by atoms with Gasteiger partial charge in [0.15, 0.2) is 5.78 Å². The molecule has 1 unspecified atom stereocenters. The van der Waals surface area contributed by atoms with Gasteiger partial charge in [0.25, 0.3) is 0 Å². The number of ether oxygens (including phenoxy) is 2. The predicted octanol–water partition coefficient (Wildman–Crippen LogP) is 3.39. The van der Waals surface area contributed by atoms with Crippen LogP contribution in [0.3, 0.4) is 0 Å².